The molecule has 0 saturated heterocycles. The van der Waals surface area contributed by atoms with Gasteiger partial charge in [-0.25, -0.2) is 10.8 Å². The van der Waals surface area contributed by atoms with Gasteiger partial charge in [0.1, 0.15) is 11.5 Å². The molecule has 1 saturated carbocycles. The molecule has 1 aromatic rings. The monoisotopic (exact) mass is 248 g/mol. The number of carbonyl (C=O) groups excluding carboxylic acids is 1. The molecule has 1 aliphatic rings. The Kier molecular flexibility index (Phi) is 3.81. The topological polar surface area (TPSA) is 80.0 Å². The Morgan fingerprint density at radius 1 is 1.33 bits per heavy atom. The van der Waals surface area contributed by atoms with E-state index in [1.54, 1.807) is 18.2 Å². The van der Waals surface area contributed by atoms with Crippen LogP contribution in [0, 0.1) is 0 Å². The van der Waals surface area contributed by atoms with E-state index >= 15 is 0 Å². The first-order chi connectivity index (χ1) is 8.63. The van der Waals surface area contributed by atoms with Crippen LogP contribution in [0.3, 0.4) is 0 Å². The summed E-state index contributed by atoms with van der Waals surface area (Å²) in [5.41, 5.74) is 2.75. The molecule has 1 aliphatic carbocycles. The Morgan fingerprint density at radius 3 is 2.72 bits per heavy atom. The smallest absolute Gasteiger partial charge is 0.270 e. The van der Waals surface area contributed by atoms with Gasteiger partial charge in [0.2, 0.25) is 0 Å². The van der Waals surface area contributed by atoms with E-state index in [1.807, 2.05) is 0 Å². The lowest BCUT2D eigenvalue weighted by Gasteiger charge is -2.34. The largest absolute Gasteiger partial charge is 0.346 e. The van der Waals surface area contributed by atoms with Crippen molar-refractivity contribution in [1.29, 1.82) is 0 Å². The number of nitrogens with one attached hydrogen (secondary N) is 2. The van der Waals surface area contributed by atoms with Crippen LogP contribution >= 0.6 is 0 Å². The summed E-state index contributed by atoms with van der Waals surface area (Å²) < 4.78 is 0. The van der Waals surface area contributed by atoms with Crippen LogP contribution in [0.1, 0.15) is 49.5 Å². The van der Waals surface area contributed by atoms with Crippen molar-refractivity contribution in [3.05, 3.63) is 23.9 Å². The number of hydrogen-bond donors (Lipinski definition) is 3. The third kappa shape index (κ3) is 2.98. The van der Waals surface area contributed by atoms with Gasteiger partial charge in [0, 0.05) is 5.54 Å². The van der Waals surface area contributed by atoms with E-state index < -0.39 is 0 Å². The number of hydrogen-bond acceptors (Lipinski definition) is 4. The number of hydrazine groups is 1. The highest BCUT2D eigenvalue weighted by Crippen LogP contribution is 2.27. The van der Waals surface area contributed by atoms with Crippen LogP contribution in [0.25, 0.3) is 0 Å². The zero-order valence-corrected chi connectivity index (χ0v) is 10.7. The minimum Gasteiger partial charge on any atom is -0.346 e. The average molecular weight is 248 g/mol. The maximum Gasteiger partial charge on any atom is 0.270 e. The highest BCUT2D eigenvalue weighted by Gasteiger charge is 2.28. The highest BCUT2D eigenvalue weighted by molar-refractivity contribution is 5.93. The van der Waals surface area contributed by atoms with Crippen molar-refractivity contribution in [3.8, 4) is 0 Å². The van der Waals surface area contributed by atoms with Crippen molar-refractivity contribution in [2.24, 2.45) is 5.84 Å². The maximum absolute atomic E-state index is 12.1. The molecule has 0 spiro atoms. The molecule has 0 aliphatic heterocycles. The Hall–Kier alpha value is -1.62. The predicted octanol–water partition coefficient (Wildman–Crippen LogP) is 1.82. The molecule has 0 aromatic carbocycles. The van der Waals surface area contributed by atoms with Crippen LogP contribution in [-0.4, -0.2) is 16.4 Å². The first kappa shape index (κ1) is 12.8. The molecule has 1 heterocycles. The Balaban J connectivity index is 2.06. The first-order valence-corrected chi connectivity index (χ1v) is 6.39. The molecule has 5 heteroatoms. The van der Waals surface area contributed by atoms with E-state index in [0.29, 0.717) is 11.5 Å². The summed E-state index contributed by atoms with van der Waals surface area (Å²) in [5.74, 6) is 5.65. The molecule has 0 radical (unpaired) electrons. The normalized spacial score (nSPS) is 18.1. The zero-order valence-electron chi connectivity index (χ0n) is 10.7. The van der Waals surface area contributed by atoms with Gasteiger partial charge < -0.3 is 10.7 Å². The maximum atomic E-state index is 12.1. The molecule has 1 amide bonds. The number of anilines is 1. The zero-order chi connectivity index (χ0) is 13.0. The third-order valence-electron chi connectivity index (χ3n) is 3.50. The molecule has 5 nitrogen and oxygen atoms in total. The van der Waals surface area contributed by atoms with Crippen molar-refractivity contribution >= 4 is 11.7 Å². The first-order valence-electron chi connectivity index (χ1n) is 6.39. The molecular weight excluding hydrogens is 228 g/mol. The van der Waals surface area contributed by atoms with Gasteiger partial charge in [0.15, 0.2) is 0 Å². The average Bonchev–Trinajstić information content (AvgIpc) is 2.39. The molecule has 0 atom stereocenters. The second kappa shape index (κ2) is 5.35. The Labute approximate surface area is 107 Å². The van der Waals surface area contributed by atoms with Crippen molar-refractivity contribution in [2.75, 3.05) is 5.43 Å². The number of rotatable bonds is 3. The third-order valence-corrected chi connectivity index (χ3v) is 3.50. The van der Waals surface area contributed by atoms with Gasteiger partial charge in [-0.2, -0.15) is 0 Å². The van der Waals surface area contributed by atoms with E-state index in [4.69, 9.17) is 5.84 Å². The summed E-state index contributed by atoms with van der Waals surface area (Å²) in [6.07, 6.45) is 5.68. The number of amides is 1. The fourth-order valence-electron chi connectivity index (χ4n) is 2.44. The lowest BCUT2D eigenvalue weighted by atomic mass is 9.83. The van der Waals surface area contributed by atoms with Crippen LogP contribution in [0.5, 0.6) is 0 Å². The summed E-state index contributed by atoms with van der Waals surface area (Å²) in [6, 6.07) is 5.18. The Morgan fingerprint density at radius 2 is 2.06 bits per heavy atom. The molecule has 4 N–H and O–H groups in total. The summed E-state index contributed by atoms with van der Waals surface area (Å²) in [7, 11) is 0. The van der Waals surface area contributed by atoms with Gasteiger partial charge in [0.05, 0.1) is 0 Å². The van der Waals surface area contributed by atoms with Crippen molar-refractivity contribution in [3.63, 3.8) is 0 Å². The van der Waals surface area contributed by atoms with Crippen molar-refractivity contribution in [1.82, 2.24) is 10.3 Å². The molecule has 98 valence electrons. The summed E-state index contributed by atoms with van der Waals surface area (Å²) >= 11 is 0. The second-order valence-electron chi connectivity index (χ2n) is 5.13. The predicted molar refractivity (Wildman–Crippen MR) is 71.0 cm³/mol. The fraction of sp³-hybridized carbons (Fsp3) is 0.538. The van der Waals surface area contributed by atoms with Crippen LogP contribution in [0.15, 0.2) is 18.2 Å². The van der Waals surface area contributed by atoms with E-state index in [2.05, 4.69) is 22.7 Å². The number of pyridine rings is 1. The van der Waals surface area contributed by atoms with Gasteiger partial charge in [-0.05, 0) is 31.9 Å². The van der Waals surface area contributed by atoms with Gasteiger partial charge in [-0.3, -0.25) is 4.79 Å². The van der Waals surface area contributed by atoms with E-state index in [9.17, 15) is 4.79 Å². The van der Waals surface area contributed by atoms with Gasteiger partial charge in [0.25, 0.3) is 5.91 Å². The quantitative estimate of drug-likeness (QED) is 0.563. The van der Waals surface area contributed by atoms with Gasteiger partial charge >= 0.3 is 0 Å². The van der Waals surface area contributed by atoms with Gasteiger partial charge in [-0.15, -0.1) is 0 Å². The van der Waals surface area contributed by atoms with Crippen LogP contribution in [-0.2, 0) is 0 Å². The number of nitrogen functional groups attached to an aromatic ring is 1. The van der Waals surface area contributed by atoms with Gasteiger partial charge in [-0.1, -0.05) is 25.3 Å². The van der Waals surface area contributed by atoms with Crippen LogP contribution in [0.2, 0.25) is 0 Å². The molecule has 0 unspecified atom stereocenters. The molecule has 18 heavy (non-hydrogen) atoms. The van der Waals surface area contributed by atoms with Crippen molar-refractivity contribution < 1.29 is 4.79 Å². The number of nitrogens with two attached hydrogens (primary N) is 1. The SMILES string of the molecule is CC1(NC(=O)c2cccc(NN)n2)CCCCC1. The number of nitrogens with zero attached hydrogens (tertiary/aromatic N) is 1. The van der Waals surface area contributed by atoms with E-state index in [-0.39, 0.29) is 11.4 Å². The fourth-order valence-corrected chi connectivity index (χ4v) is 2.44. The highest BCUT2D eigenvalue weighted by atomic mass is 16.2. The summed E-state index contributed by atoms with van der Waals surface area (Å²) in [5, 5.41) is 3.09. The minimum absolute atomic E-state index is 0.0941. The number of carbonyl (C=O) groups is 1. The second-order valence-corrected chi connectivity index (χ2v) is 5.13. The molecule has 2 rings (SSSR count). The lowest BCUT2D eigenvalue weighted by molar-refractivity contribution is 0.0877. The standard InChI is InChI=1S/C13H20N4O/c1-13(8-3-2-4-9-13)16-12(18)10-6-5-7-11(15-10)17-14/h5-7H,2-4,8-9,14H2,1H3,(H,15,17)(H,16,18). The summed E-state index contributed by atoms with van der Waals surface area (Å²) in [4.78, 5) is 16.3. The lowest BCUT2D eigenvalue weighted by Crippen LogP contribution is -2.47. The minimum atomic E-state index is -0.128. The van der Waals surface area contributed by atoms with Crippen LogP contribution < -0.4 is 16.6 Å². The Bertz CT molecular complexity index is 427. The van der Waals surface area contributed by atoms with Crippen molar-refractivity contribution in [2.45, 2.75) is 44.6 Å². The molecular formula is C13H20N4O. The van der Waals surface area contributed by atoms with Crippen LogP contribution in [0.4, 0.5) is 5.82 Å². The van der Waals surface area contributed by atoms with E-state index in [1.165, 1.54) is 19.3 Å². The molecule has 1 fully saturated rings. The van der Waals surface area contributed by atoms with E-state index in [0.717, 1.165) is 12.8 Å². The molecule has 0 bridgehead atoms. The summed E-state index contributed by atoms with van der Waals surface area (Å²) in [6.45, 7) is 2.11. The molecule has 1 aromatic heterocycles. The number of aromatic nitrogens is 1.